The smallest absolute Gasteiger partial charge is 0.139 e. The van der Waals surface area contributed by atoms with Gasteiger partial charge in [0.1, 0.15) is 5.82 Å². The number of benzene rings is 1. The molecule has 0 aromatic heterocycles. The summed E-state index contributed by atoms with van der Waals surface area (Å²) in [6.07, 6.45) is 1.61. The van der Waals surface area contributed by atoms with Crippen LogP contribution in [0.1, 0.15) is 12.0 Å². The molecule has 1 nitrogen and oxygen atoms in total. The number of rotatable bonds is 3. The lowest BCUT2D eigenvalue weighted by Crippen LogP contribution is -2.00. The van der Waals surface area contributed by atoms with Gasteiger partial charge >= 0.3 is 0 Å². The fourth-order valence-electron chi connectivity index (χ4n) is 1.06. The third-order valence-electron chi connectivity index (χ3n) is 1.71. The lowest BCUT2D eigenvalue weighted by atomic mass is 10.1. The summed E-state index contributed by atoms with van der Waals surface area (Å²) in [4.78, 5) is 0. The van der Waals surface area contributed by atoms with Crippen molar-refractivity contribution in [3.8, 4) is 0 Å². The van der Waals surface area contributed by atoms with Crippen molar-refractivity contribution in [3.63, 3.8) is 0 Å². The molecule has 0 aliphatic heterocycles. The van der Waals surface area contributed by atoms with Gasteiger partial charge in [-0.1, -0.05) is 11.6 Å². The molecule has 0 saturated heterocycles. The van der Waals surface area contributed by atoms with Crippen molar-refractivity contribution in [2.45, 2.75) is 12.8 Å². The van der Waals surface area contributed by atoms with Crippen LogP contribution in [0.5, 0.6) is 0 Å². The molecule has 1 aromatic rings. The van der Waals surface area contributed by atoms with Crippen molar-refractivity contribution in [2.24, 2.45) is 5.73 Å². The maximum absolute atomic E-state index is 13.1. The van der Waals surface area contributed by atoms with Crippen LogP contribution in [0.3, 0.4) is 0 Å². The molecule has 4 heteroatoms. The van der Waals surface area contributed by atoms with E-state index in [2.05, 4.69) is 15.9 Å². The zero-order valence-corrected chi connectivity index (χ0v) is 9.33. The molecule has 1 rings (SSSR count). The summed E-state index contributed by atoms with van der Waals surface area (Å²) in [6, 6.07) is 3.23. The Bertz CT molecular complexity index is 281. The lowest BCUT2D eigenvalue weighted by Gasteiger charge is -2.03. The second-order valence-corrected chi connectivity index (χ2v) is 3.97. The molecule has 0 heterocycles. The van der Waals surface area contributed by atoms with Gasteiger partial charge in [-0.15, -0.1) is 0 Å². The van der Waals surface area contributed by atoms with E-state index < -0.39 is 0 Å². The minimum absolute atomic E-state index is 0.320. The molecule has 0 fully saturated rings. The van der Waals surface area contributed by atoms with E-state index in [0.29, 0.717) is 16.0 Å². The van der Waals surface area contributed by atoms with Crippen LogP contribution in [0.15, 0.2) is 16.6 Å². The number of aryl methyl sites for hydroxylation is 1. The summed E-state index contributed by atoms with van der Waals surface area (Å²) in [5, 5.41) is 0.409. The van der Waals surface area contributed by atoms with Crippen LogP contribution in [0.25, 0.3) is 0 Å². The Morgan fingerprint density at radius 1 is 1.46 bits per heavy atom. The van der Waals surface area contributed by atoms with Crippen molar-refractivity contribution >= 4 is 27.5 Å². The van der Waals surface area contributed by atoms with Crippen LogP contribution < -0.4 is 5.73 Å². The first-order chi connectivity index (χ1) is 6.15. The van der Waals surface area contributed by atoms with Gasteiger partial charge in [0.2, 0.25) is 0 Å². The van der Waals surface area contributed by atoms with Gasteiger partial charge in [-0.05, 0) is 53.0 Å². The first-order valence-corrected chi connectivity index (χ1v) is 5.15. The van der Waals surface area contributed by atoms with E-state index in [0.717, 1.165) is 18.4 Å². The Hall–Kier alpha value is -0.120. The van der Waals surface area contributed by atoms with Crippen LogP contribution in [-0.4, -0.2) is 6.54 Å². The molecule has 13 heavy (non-hydrogen) atoms. The summed E-state index contributed by atoms with van der Waals surface area (Å²) in [5.41, 5.74) is 6.23. The predicted octanol–water partition coefficient (Wildman–Crippen LogP) is 3.13. The van der Waals surface area contributed by atoms with Crippen LogP contribution in [0.4, 0.5) is 4.39 Å². The molecule has 0 radical (unpaired) electrons. The molecule has 1 aromatic carbocycles. The van der Waals surface area contributed by atoms with E-state index in [1.165, 1.54) is 6.07 Å². The van der Waals surface area contributed by atoms with E-state index >= 15 is 0 Å². The monoisotopic (exact) mass is 265 g/mol. The number of nitrogens with two attached hydrogens (primary N) is 1. The fourth-order valence-corrected chi connectivity index (χ4v) is 1.52. The zero-order chi connectivity index (χ0) is 9.84. The van der Waals surface area contributed by atoms with Crippen molar-refractivity contribution in [2.75, 3.05) is 6.54 Å². The molecule has 2 N–H and O–H groups in total. The molecule has 0 atom stereocenters. The summed E-state index contributed by atoms with van der Waals surface area (Å²) >= 11 is 8.83. The molecule has 0 saturated carbocycles. The highest BCUT2D eigenvalue weighted by Crippen LogP contribution is 2.27. The molecule has 0 bridgehead atoms. The quantitative estimate of drug-likeness (QED) is 0.836. The number of hydrogen-bond acceptors (Lipinski definition) is 1. The Kier molecular flexibility index (Phi) is 4.16. The summed E-state index contributed by atoms with van der Waals surface area (Å²) in [6.45, 7) is 0.606. The SMILES string of the molecule is NCCCc1cc(F)c(Br)c(Cl)c1. The van der Waals surface area contributed by atoms with Gasteiger partial charge in [-0.25, -0.2) is 4.39 Å². The normalized spacial score (nSPS) is 10.5. The molecule has 0 spiro atoms. The van der Waals surface area contributed by atoms with Gasteiger partial charge in [0.05, 0.1) is 9.50 Å². The minimum Gasteiger partial charge on any atom is -0.330 e. The standard InChI is InChI=1S/C9H10BrClFN/c10-9-7(11)4-6(2-1-3-13)5-8(9)12/h4-5H,1-3,13H2. The maximum Gasteiger partial charge on any atom is 0.139 e. The first-order valence-electron chi connectivity index (χ1n) is 3.98. The predicted molar refractivity (Wildman–Crippen MR) is 56.5 cm³/mol. The molecular formula is C9H10BrClFN. The number of halogens is 3. The van der Waals surface area contributed by atoms with Gasteiger partial charge < -0.3 is 5.73 Å². The largest absolute Gasteiger partial charge is 0.330 e. The molecule has 0 aliphatic rings. The zero-order valence-electron chi connectivity index (χ0n) is 6.99. The summed E-state index contributed by atoms with van der Waals surface area (Å²) < 4.78 is 13.4. The Labute approximate surface area is 90.2 Å². The van der Waals surface area contributed by atoms with E-state index in [-0.39, 0.29) is 5.82 Å². The summed E-state index contributed by atoms with van der Waals surface area (Å²) in [5.74, 6) is -0.320. The highest BCUT2D eigenvalue weighted by atomic mass is 79.9. The molecular weight excluding hydrogens is 256 g/mol. The van der Waals surface area contributed by atoms with Gasteiger partial charge in [0.25, 0.3) is 0 Å². The van der Waals surface area contributed by atoms with Crippen molar-refractivity contribution in [1.29, 1.82) is 0 Å². The lowest BCUT2D eigenvalue weighted by molar-refractivity contribution is 0.618. The van der Waals surface area contributed by atoms with Crippen LogP contribution >= 0.6 is 27.5 Å². The van der Waals surface area contributed by atoms with E-state index in [4.69, 9.17) is 17.3 Å². The van der Waals surface area contributed by atoms with E-state index in [1.54, 1.807) is 6.07 Å². The highest BCUT2D eigenvalue weighted by molar-refractivity contribution is 9.10. The topological polar surface area (TPSA) is 26.0 Å². The minimum atomic E-state index is -0.320. The Balaban J connectivity index is 2.86. The second-order valence-electron chi connectivity index (χ2n) is 2.77. The Morgan fingerprint density at radius 3 is 2.69 bits per heavy atom. The molecule has 0 unspecified atom stereocenters. The van der Waals surface area contributed by atoms with Crippen LogP contribution in [-0.2, 0) is 6.42 Å². The average molecular weight is 267 g/mol. The maximum atomic E-state index is 13.1. The van der Waals surface area contributed by atoms with Crippen molar-refractivity contribution < 1.29 is 4.39 Å². The Morgan fingerprint density at radius 2 is 2.15 bits per heavy atom. The second kappa shape index (κ2) is 4.94. The van der Waals surface area contributed by atoms with Crippen molar-refractivity contribution in [3.05, 3.63) is 33.0 Å². The van der Waals surface area contributed by atoms with Gasteiger partial charge in [-0.3, -0.25) is 0 Å². The highest BCUT2D eigenvalue weighted by Gasteiger charge is 2.06. The van der Waals surface area contributed by atoms with E-state index in [1.807, 2.05) is 0 Å². The van der Waals surface area contributed by atoms with Gasteiger partial charge in [0.15, 0.2) is 0 Å². The van der Waals surface area contributed by atoms with Gasteiger partial charge in [0, 0.05) is 0 Å². The van der Waals surface area contributed by atoms with Crippen LogP contribution in [0, 0.1) is 5.82 Å². The molecule has 0 aliphatic carbocycles. The fraction of sp³-hybridized carbons (Fsp3) is 0.333. The molecule has 72 valence electrons. The third-order valence-corrected chi connectivity index (χ3v) is 3.05. The number of hydrogen-bond donors (Lipinski definition) is 1. The van der Waals surface area contributed by atoms with Crippen LogP contribution in [0.2, 0.25) is 5.02 Å². The first kappa shape index (κ1) is 11.0. The third kappa shape index (κ3) is 2.93. The average Bonchev–Trinajstić information content (AvgIpc) is 2.10. The van der Waals surface area contributed by atoms with E-state index in [9.17, 15) is 4.39 Å². The van der Waals surface area contributed by atoms with Crippen molar-refractivity contribution in [1.82, 2.24) is 0 Å². The molecule has 0 amide bonds. The summed E-state index contributed by atoms with van der Waals surface area (Å²) in [7, 11) is 0. The van der Waals surface area contributed by atoms with Gasteiger partial charge in [-0.2, -0.15) is 0 Å².